The quantitative estimate of drug-likeness (QED) is 0.0422. The minimum Gasteiger partial charge on any atom is -0.391 e. The molecule has 1 rings (SSSR count). The molecular formula is C32H66N4O2. The van der Waals surface area contributed by atoms with E-state index >= 15 is 0 Å². The summed E-state index contributed by atoms with van der Waals surface area (Å²) in [5, 5.41) is 12.6. The second-order valence-corrected chi connectivity index (χ2v) is 12.2. The molecule has 0 aromatic rings. The van der Waals surface area contributed by atoms with Crippen molar-refractivity contribution in [3.05, 3.63) is 0 Å². The van der Waals surface area contributed by atoms with E-state index in [4.69, 9.17) is 11.7 Å². The Morgan fingerprint density at radius 2 is 1.13 bits per heavy atom. The van der Waals surface area contributed by atoms with Crippen LogP contribution in [0.2, 0.25) is 0 Å². The van der Waals surface area contributed by atoms with E-state index in [0.717, 1.165) is 36.6 Å². The first-order valence-corrected chi connectivity index (χ1v) is 16.8. The number of aliphatic hydroxyl groups is 1. The summed E-state index contributed by atoms with van der Waals surface area (Å²) in [5.74, 6) is 12.9. The van der Waals surface area contributed by atoms with E-state index in [1.807, 2.05) is 0 Å². The molecule has 0 heterocycles. The second kappa shape index (κ2) is 25.1. The molecule has 6 nitrogen and oxygen atoms in total. The maximum Gasteiger partial charge on any atom is 0.348 e. The number of rotatable bonds is 27. The van der Waals surface area contributed by atoms with Gasteiger partial charge in [0.2, 0.25) is 0 Å². The summed E-state index contributed by atoms with van der Waals surface area (Å²) in [6, 6.07) is -0.402. The standard InChI is InChI=1S/C32H66N4O2/c1-2-3-4-5-6-7-8-9-10-11-15-18-21-27-31(37)29-36(34)32(38)35(33)28-22-19-16-13-12-14-17-20-24-30-25-23-26-30/h30-31,37H,2-29,33-34H2,1H3/t31-/m1/s1. The Morgan fingerprint density at radius 3 is 1.61 bits per heavy atom. The van der Waals surface area contributed by atoms with E-state index in [1.54, 1.807) is 0 Å². The summed E-state index contributed by atoms with van der Waals surface area (Å²) in [7, 11) is 0. The minimum atomic E-state index is -0.584. The third-order valence-corrected chi connectivity index (χ3v) is 8.53. The van der Waals surface area contributed by atoms with Crippen molar-refractivity contribution in [2.75, 3.05) is 13.1 Å². The predicted octanol–water partition coefficient (Wildman–Crippen LogP) is 8.61. The summed E-state index contributed by atoms with van der Waals surface area (Å²) in [6.07, 6.45) is 32.9. The van der Waals surface area contributed by atoms with Crippen LogP contribution in [0.15, 0.2) is 0 Å². The fourth-order valence-corrected chi connectivity index (χ4v) is 5.61. The van der Waals surface area contributed by atoms with E-state index in [2.05, 4.69) is 6.92 Å². The Morgan fingerprint density at radius 1 is 0.684 bits per heavy atom. The molecule has 1 atom stereocenters. The van der Waals surface area contributed by atoms with E-state index in [-0.39, 0.29) is 6.54 Å². The smallest absolute Gasteiger partial charge is 0.348 e. The molecule has 0 aromatic heterocycles. The van der Waals surface area contributed by atoms with Crippen LogP contribution in [-0.2, 0) is 0 Å². The molecule has 226 valence electrons. The van der Waals surface area contributed by atoms with Crippen molar-refractivity contribution in [3.8, 4) is 0 Å². The highest BCUT2D eigenvalue weighted by Crippen LogP contribution is 2.31. The number of hydrogen-bond acceptors (Lipinski definition) is 4. The first kappa shape index (κ1) is 35.2. The molecule has 1 saturated carbocycles. The Hall–Kier alpha value is -0.850. The van der Waals surface area contributed by atoms with Crippen molar-refractivity contribution in [1.29, 1.82) is 0 Å². The molecule has 0 radical (unpaired) electrons. The molecule has 2 amide bonds. The van der Waals surface area contributed by atoms with Gasteiger partial charge >= 0.3 is 6.03 Å². The van der Waals surface area contributed by atoms with Crippen molar-refractivity contribution in [3.63, 3.8) is 0 Å². The number of hydrogen-bond donors (Lipinski definition) is 3. The lowest BCUT2D eigenvalue weighted by atomic mass is 9.81. The maximum atomic E-state index is 12.4. The van der Waals surface area contributed by atoms with Crippen LogP contribution in [0.5, 0.6) is 0 Å². The van der Waals surface area contributed by atoms with Crippen molar-refractivity contribution in [2.45, 2.75) is 180 Å². The van der Waals surface area contributed by atoms with Gasteiger partial charge in [-0.25, -0.2) is 16.5 Å². The van der Waals surface area contributed by atoms with E-state index in [9.17, 15) is 9.90 Å². The Bertz CT molecular complexity index is 530. The van der Waals surface area contributed by atoms with Gasteiger partial charge in [-0.1, -0.05) is 161 Å². The normalized spacial score (nSPS) is 14.4. The highest BCUT2D eigenvalue weighted by Gasteiger charge is 2.18. The van der Waals surface area contributed by atoms with Crippen molar-refractivity contribution in [1.82, 2.24) is 10.0 Å². The first-order chi connectivity index (χ1) is 18.5. The monoisotopic (exact) mass is 539 g/mol. The van der Waals surface area contributed by atoms with Crippen LogP contribution in [0.3, 0.4) is 0 Å². The maximum absolute atomic E-state index is 12.4. The van der Waals surface area contributed by atoms with E-state index < -0.39 is 12.1 Å². The van der Waals surface area contributed by atoms with Crippen LogP contribution in [0, 0.1) is 5.92 Å². The van der Waals surface area contributed by atoms with Crippen LogP contribution in [-0.4, -0.2) is 40.3 Å². The van der Waals surface area contributed by atoms with Gasteiger partial charge in [-0.2, -0.15) is 0 Å². The summed E-state index contributed by atoms with van der Waals surface area (Å²) in [4.78, 5) is 12.4. The van der Waals surface area contributed by atoms with Crippen molar-refractivity contribution < 1.29 is 9.90 Å². The number of amides is 2. The molecule has 6 heteroatoms. The number of nitrogens with two attached hydrogens (primary N) is 2. The molecule has 0 bridgehead atoms. The summed E-state index contributed by atoms with van der Waals surface area (Å²) >= 11 is 0. The van der Waals surface area contributed by atoms with Crippen LogP contribution in [0.1, 0.15) is 174 Å². The predicted molar refractivity (Wildman–Crippen MR) is 162 cm³/mol. The van der Waals surface area contributed by atoms with Crippen LogP contribution in [0.25, 0.3) is 0 Å². The molecule has 1 aliphatic rings. The number of carbonyl (C=O) groups is 1. The van der Waals surface area contributed by atoms with Crippen molar-refractivity contribution >= 4 is 6.03 Å². The zero-order valence-corrected chi connectivity index (χ0v) is 25.4. The molecule has 5 N–H and O–H groups in total. The van der Waals surface area contributed by atoms with E-state index in [0.29, 0.717) is 13.0 Å². The fourth-order valence-electron chi connectivity index (χ4n) is 5.61. The first-order valence-electron chi connectivity index (χ1n) is 16.8. The second-order valence-electron chi connectivity index (χ2n) is 12.2. The van der Waals surface area contributed by atoms with Crippen LogP contribution in [0.4, 0.5) is 4.79 Å². The molecule has 38 heavy (non-hydrogen) atoms. The molecule has 0 aliphatic heterocycles. The third-order valence-electron chi connectivity index (χ3n) is 8.53. The zero-order chi connectivity index (χ0) is 27.7. The average molecular weight is 539 g/mol. The number of aliphatic hydroxyl groups excluding tert-OH is 1. The van der Waals surface area contributed by atoms with Gasteiger partial charge in [-0.05, 0) is 18.8 Å². The SMILES string of the molecule is CCCCCCCCCCCCCCC[C@@H](O)CN(N)C(=O)N(N)CCCCCCCCCCC1CCC1. The number of unbranched alkanes of at least 4 members (excludes halogenated alkanes) is 19. The largest absolute Gasteiger partial charge is 0.391 e. The van der Waals surface area contributed by atoms with Gasteiger partial charge in [0, 0.05) is 6.54 Å². The molecule has 1 fully saturated rings. The lowest BCUT2D eigenvalue weighted by Crippen LogP contribution is -2.52. The molecule has 0 unspecified atom stereocenters. The van der Waals surface area contributed by atoms with Gasteiger partial charge in [0.1, 0.15) is 0 Å². The third kappa shape index (κ3) is 20.1. The minimum absolute atomic E-state index is 0.144. The van der Waals surface area contributed by atoms with E-state index in [1.165, 1.54) is 140 Å². The molecule has 1 aliphatic carbocycles. The van der Waals surface area contributed by atoms with Crippen molar-refractivity contribution in [2.24, 2.45) is 17.6 Å². The summed E-state index contributed by atoms with van der Waals surface area (Å²) in [6.45, 7) is 2.93. The average Bonchev–Trinajstić information content (AvgIpc) is 2.88. The number of urea groups is 1. The van der Waals surface area contributed by atoms with Gasteiger partial charge in [-0.3, -0.25) is 10.0 Å². The van der Waals surface area contributed by atoms with Gasteiger partial charge < -0.3 is 5.11 Å². The molecular weight excluding hydrogens is 472 g/mol. The molecule has 0 aromatic carbocycles. The highest BCUT2D eigenvalue weighted by molar-refractivity contribution is 5.73. The molecule has 0 saturated heterocycles. The Balaban J connectivity index is 1.88. The lowest BCUT2D eigenvalue weighted by molar-refractivity contribution is 0.0958. The topological polar surface area (TPSA) is 95.8 Å². The van der Waals surface area contributed by atoms with Crippen LogP contribution >= 0.6 is 0 Å². The molecule has 0 spiro atoms. The van der Waals surface area contributed by atoms with Gasteiger partial charge in [-0.15, -0.1) is 0 Å². The number of carbonyl (C=O) groups excluding carboxylic acids is 1. The van der Waals surface area contributed by atoms with Gasteiger partial charge in [0.25, 0.3) is 0 Å². The zero-order valence-electron chi connectivity index (χ0n) is 25.4. The van der Waals surface area contributed by atoms with Crippen LogP contribution < -0.4 is 11.7 Å². The highest BCUT2D eigenvalue weighted by atomic mass is 16.3. The number of hydrazine groups is 2. The van der Waals surface area contributed by atoms with Gasteiger partial charge in [0.05, 0.1) is 12.6 Å². The lowest BCUT2D eigenvalue weighted by Gasteiger charge is -2.25. The summed E-state index contributed by atoms with van der Waals surface area (Å²) in [5.41, 5.74) is 0. The number of nitrogens with zero attached hydrogens (tertiary/aromatic N) is 2. The Labute approximate surface area is 236 Å². The summed E-state index contributed by atoms with van der Waals surface area (Å²) < 4.78 is 0. The van der Waals surface area contributed by atoms with Gasteiger partial charge in [0.15, 0.2) is 0 Å². The Kier molecular flexibility index (Phi) is 23.3. The fraction of sp³-hybridized carbons (Fsp3) is 0.969.